The lowest BCUT2D eigenvalue weighted by atomic mass is 9.77. The Kier molecular flexibility index (Phi) is 3.18. The molecular weight excluding hydrogens is 210 g/mol. The van der Waals surface area contributed by atoms with Gasteiger partial charge in [-0.1, -0.05) is 27.2 Å². The molecule has 0 saturated carbocycles. The average molecular weight is 231 g/mol. The molecule has 0 bridgehead atoms. The maximum absolute atomic E-state index is 4.54. The number of imidazole rings is 1. The second kappa shape index (κ2) is 4.47. The van der Waals surface area contributed by atoms with E-state index in [1.54, 1.807) is 0 Å². The number of pyridine rings is 1. The van der Waals surface area contributed by atoms with Crippen LogP contribution >= 0.6 is 0 Å². The largest absolute Gasteiger partial charge is 0.318 e. The van der Waals surface area contributed by atoms with Gasteiger partial charge in [-0.05, 0) is 29.9 Å². The van der Waals surface area contributed by atoms with Crippen LogP contribution in [0, 0.1) is 0 Å². The summed E-state index contributed by atoms with van der Waals surface area (Å²) in [5, 5.41) is 0. The van der Waals surface area contributed by atoms with Gasteiger partial charge in [-0.15, -0.1) is 0 Å². The summed E-state index contributed by atoms with van der Waals surface area (Å²) < 4.78 is 1.96. The molecule has 2 heterocycles. The fourth-order valence-corrected chi connectivity index (χ4v) is 2.42. The van der Waals surface area contributed by atoms with Crippen LogP contribution in [0.3, 0.4) is 0 Å². The number of fused-ring (bicyclic) bond motifs is 1. The van der Waals surface area contributed by atoms with Crippen molar-refractivity contribution in [2.75, 3.05) is 0 Å². The molecule has 0 aromatic carbocycles. The van der Waals surface area contributed by atoms with Crippen molar-refractivity contribution < 1.29 is 0 Å². The van der Waals surface area contributed by atoms with Gasteiger partial charge in [-0.3, -0.25) is 0 Å². The number of nitrogens with zero attached hydrogens (tertiary/aromatic N) is 3. The van der Waals surface area contributed by atoms with Gasteiger partial charge < -0.3 is 4.57 Å². The standard InChI is InChI=1S/C14H21N3/c1-5-7-14(3,6-2)11-8-12-13(15-9-11)17(4)10-16-12/h8-10H,5-7H2,1-4H3. The van der Waals surface area contributed by atoms with Crippen LogP contribution in [0.15, 0.2) is 18.6 Å². The van der Waals surface area contributed by atoms with E-state index >= 15 is 0 Å². The Balaban J connectivity index is 2.47. The molecule has 2 rings (SSSR count). The highest BCUT2D eigenvalue weighted by Crippen LogP contribution is 2.32. The van der Waals surface area contributed by atoms with Crippen LogP contribution in [-0.2, 0) is 12.5 Å². The summed E-state index contributed by atoms with van der Waals surface area (Å²) in [4.78, 5) is 8.92. The summed E-state index contributed by atoms with van der Waals surface area (Å²) in [6.07, 6.45) is 7.38. The van der Waals surface area contributed by atoms with Gasteiger partial charge in [0, 0.05) is 13.2 Å². The molecule has 0 spiro atoms. The van der Waals surface area contributed by atoms with E-state index in [9.17, 15) is 0 Å². The molecule has 0 N–H and O–H groups in total. The van der Waals surface area contributed by atoms with Gasteiger partial charge in [0.25, 0.3) is 0 Å². The smallest absolute Gasteiger partial charge is 0.159 e. The van der Waals surface area contributed by atoms with Gasteiger partial charge in [0.15, 0.2) is 5.65 Å². The van der Waals surface area contributed by atoms with Crippen LogP contribution < -0.4 is 0 Å². The highest BCUT2D eigenvalue weighted by atomic mass is 15.1. The van der Waals surface area contributed by atoms with E-state index in [0.717, 1.165) is 17.6 Å². The molecule has 3 nitrogen and oxygen atoms in total. The van der Waals surface area contributed by atoms with E-state index in [1.807, 2.05) is 24.1 Å². The maximum atomic E-state index is 4.54. The van der Waals surface area contributed by atoms with Crippen LogP contribution in [0.2, 0.25) is 0 Å². The quantitative estimate of drug-likeness (QED) is 0.807. The molecule has 0 fully saturated rings. The molecule has 92 valence electrons. The zero-order valence-corrected chi connectivity index (χ0v) is 11.2. The van der Waals surface area contributed by atoms with Crippen molar-refractivity contribution in [2.24, 2.45) is 7.05 Å². The molecule has 0 amide bonds. The third kappa shape index (κ3) is 2.06. The first-order valence-electron chi connectivity index (χ1n) is 6.38. The molecule has 2 aromatic rings. The molecule has 17 heavy (non-hydrogen) atoms. The summed E-state index contributed by atoms with van der Waals surface area (Å²) in [7, 11) is 1.98. The Morgan fingerprint density at radius 2 is 2.06 bits per heavy atom. The lowest BCUT2D eigenvalue weighted by Gasteiger charge is -2.28. The molecule has 0 aliphatic carbocycles. The van der Waals surface area contributed by atoms with Crippen LogP contribution in [0.5, 0.6) is 0 Å². The average Bonchev–Trinajstić information content (AvgIpc) is 2.71. The Morgan fingerprint density at radius 3 is 2.71 bits per heavy atom. The van der Waals surface area contributed by atoms with E-state index < -0.39 is 0 Å². The zero-order chi connectivity index (χ0) is 12.5. The van der Waals surface area contributed by atoms with Gasteiger partial charge >= 0.3 is 0 Å². The predicted octanol–water partition coefficient (Wildman–Crippen LogP) is 3.44. The first-order chi connectivity index (χ1) is 8.10. The van der Waals surface area contributed by atoms with Crippen LogP contribution in [0.25, 0.3) is 11.2 Å². The highest BCUT2D eigenvalue weighted by molar-refractivity contribution is 5.71. The Morgan fingerprint density at radius 1 is 1.29 bits per heavy atom. The van der Waals surface area contributed by atoms with Gasteiger partial charge in [-0.25, -0.2) is 9.97 Å². The Bertz CT molecular complexity index is 515. The molecule has 2 aromatic heterocycles. The molecule has 3 heteroatoms. The van der Waals surface area contributed by atoms with Crippen LogP contribution in [0.1, 0.15) is 45.6 Å². The lowest BCUT2D eigenvalue weighted by molar-refractivity contribution is 0.413. The van der Waals surface area contributed by atoms with E-state index in [0.29, 0.717) is 0 Å². The van der Waals surface area contributed by atoms with Crippen molar-refractivity contribution in [1.29, 1.82) is 0 Å². The third-order valence-corrected chi connectivity index (χ3v) is 3.83. The lowest BCUT2D eigenvalue weighted by Crippen LogP contribution is -2.20. The number of aromatic nitrogens is 3. The second-order valence-corrected chi connectivity index (χ2v) is 5.09. The van der Waals surface area contributed by atoms with Crippen molar-refractivity contribution >= 4 is 11.2 Å². The molecule has 0 radical (unpaired) electrons. The second-order valence-electron chi connectivity index (χ2n) is 5.09. The summed E-state index contributed by atoms with van der Waals surface area (Å²) in [5.74, 6) is 0. The van der Waals surface area contributed by atoms with Crippen LogP contribution in [0.4, 0.5) is 0 Å². The van der Waals surface area contributed by atoms with Crippen LogP contribution in [-0.4, -0.2) is 14.5 Å². The number of hydrogen-bond acceptors (Lipinski definition) is 2. The van der Waals surface area contributed by atoms with Gasteiger partial charge in [0.2, 0.25) is 0 Å². The van der Waals surface area contributed by atoms with Crippen molar-refractivity contribution in [3.8, 4) is 0 Å². The van der Waals surface area contributed by atoms with Gasteiger partial charge in [0.05, 0.1) is 6.33 Å². The summed E-state index contributed by atoms with van der Waals surface area (Å²) in [6, 6.07) is 2.20. The molecular formula is C14H21N3. The predicted molar refractivity (Wildman–Crippen MR) is 71.1 cm³/mol. The van der Waals surface area contributed by atoms with Crippen molar-refractivity contribution in [1.82, 2.24) is 14.5 Å². The molecule has 1 atom stereocenters. The Labute approximate surface area is 103 Å². The number of aryl methyl sites for hydroxylation is 1. The molecule has 0 aliphatic heterocycles. The minimum absolute atomic E-state index is 0.230. The SMILES string of the molecule is CCCC(C)(CC)c1cnc2c(c1)ncn2C. The van der Waals surface area contributed by atoms with Crippen molar-refractivity contribution in [3.63, 3.8) is 0 Å². The monoisotopic (exact) mass is 231 g/mol. The first-order valence-corrected chi connectivity index (χ1v) is 6.38. The maximum Gasteiger partial charge on any atom is 0.159 e. The number of rotatable bonds is 4. The Hall–Kier alpha value is -1.38. The van der Waals surface area contributed by atoms with E-state index in [4.69, 9.17) is 0 Å². The summed E-state index contributed by atoms with van der Waals surface area (Å²) >= 11 is 0. The first kappa shape index (κ1) is 12.1. The molecule has 0 saturated heterocycles. The van der Waals surface area contributed by atoms with Gasteiger partial charge in [-0.2, -0.15) is 0 Å². The van der Waals surface area contributed by atoms with Crippen molar-refractivity contribution in [2.45, 2.75) is 45.4 Å². The fraction of sp³-hybridized carbons (Fsp3) is 0.571. The minimum atomic E-state index is 0.230. The molecule has 1 unspecified atom stereocenters. The summed E-state index contributed by atoms with van der Waals surface area (Å²) in [5.41, 5.74) is 3.51. The van der Waals surface area contributed by atoms with E-state index in [1.165, 1.54) is 18.4 Å². The minimum Gasteiger partial charge on any atom is -0.318 e. The molecule has 0 aliphatic rings. The summed E-state index contributed by atoms with van der Waals surface area (Å²) in [6.45, 7) is 6.81. The highest BCUT2D eigenvalue weighted by Gasteiger charge is 2.24. The zero-order valence-electron chi connectivity index (χ0n) is 11.2. The normalized spacial score (nSPS) is 15.1. The van der Waals surface area contributed by atoms with E-state index in [2.05, 4.69) is 36.8 Å². The third-order valence-electron chi connectivity index (χ3n) is 3.83. The van der Waals surface area contributed by atoms with Crippen molar-refractivity contribution in [3.05, 3.63) is 24.2 Å². The number of hydrogen-bond donors (Lipinski definition) is 0. The van der Waals surface area contributed by atoms with E-state index in [-0.39, 0.29) is 5.41 Å². The van der Waals surface area contributed by atoms with Gasteiger partial charge in [0.1, 0.15) is 5.52 Å². The fourth-order valence-electron chi connectivity index (χ4n) is 2.42. The topological polar surface area (TPSA) is 30.7 Å².